The Morgan fingerprint density at radius 1 is 1.45 bits per heavy atom. The van der Waals surface area contributed by atoms with E-state index in [9.17, 15) is 4.79 Å². The van der Waals surface area contributed by atoms with Crippen LogP contribution in [0.15, 0.2) is 36.7 Å². The molecule has 2 heterocycles. The summed E-state index contributed by atoms with van der Waals surface area (Å²) in [4.78, 5) is 14.6. The Hall–Kier alpha value is -2.30. The Bertz CT molecular complexity index is 665. The zero-order valence-electron chi connectivity index (χ0n) is 13.0. The Labute approximate surface area is 130 Å². The van der Waals surface area contributed by atoms with E-state index < -0.39 is 0 Å². The minimum Gasteiger partial charge on any atom is -0.492 e. The summed E-state index contributed by atoms with van der Waals surface area (Å²) >= 11 is 0. The quantitative estimate of drug-likeness (QED) is 0.868. The molecule has 0 fully saturated rings. The molecule has 5 heteroatoms. The van der Waals surface area contributed by atoms with Gasteiger partial charge < -0.3 is 9.64 Å². The molecule has 0 bridgehead atoms. The molecule has 116 valence electrons. The minimum absolute atomic E-state index is 0.105. The average molecular weight is 299 g/mol. The van der Waals surface area contributed by atoms with Crippen molar-refractivity contribution >= 4 is 5.91 Å². The molecule has 0 saturated heterocycles. The second kappa shape index (κ2) is 6.22. The molecular weight excluding hydrogens is 278 g/mol. The maximum absolute atomic E-state index is 12.8. The number of aromatic nitrogens is 2. The van der Waals surface area contributed by atoms with Gasteiger partial charge in [0.05, 0.1) is 12.1 Å². The first kappa shape index (κ1) is 14.6. The highest BCUT2D eigenvalue weighted by molar-refractivity contribution is 5.79. The second-order valence-electron chi connectivity index (χ2n) is 5.69. The average Bonchev–Trinajstić information content (AvgIpc) is 2.96. The van der Waals surface area contributed by atoms with Crippen LogP contribution in [0.3, 0.4) is 0 Å². The summed E-state index contributed by atoms with van der Waals surface area (Å²) in [5, 5.41) is 4.16. The van der Waals surface area contributed by atoms with Crippen LogP contribution in [0.25, 0.3) is 0 Å². The van der Waals surface area contributed by atoms with Crippen LogP contribution in [0, 0.1) is 5.92 Å². The molecule has 2 aromatic rings. The Kier molecular flexibility index (Phi) is 4.13. The van der Waals surface area contributed by atoms with Gasteiger partial charge in [-0.05, 0) is 25.0 Å². The summed E-state index contributed by atoms with van der Waals surface area (Å²) < 4.78 is 7.50. The molecule has 0 spiro atoms. The number of benzene rings is 1. The van der Waals surface area contributed by atoms with E-state index in [1.165, 1.54) is 0 Å². The summed E-state index contributed by atoms with van der Waals surface area (Å²) in [7, 11) is 1.88. The van der Waals surface area contributed by atoms with Gasteiger partial charge in [-0.1, -0.05) is 18.2 Å². The van der Waals surface area contributed by atoms with Gasteiger partial charge in [0.2, 0.25) is 5.91 Å². The van der Waals surface area contributed by atoms with E-state index in [0.717, 1.165) is 23.3 Å². The predicted octanol–water partition coefficient (Wildman–Crippen LogP) is 2.02. The fourth-order valence-electron chi connectivity index (χ4n) is 2.86. The summed E-state index contributed by atoms with van der Waals surface area (Å²) in [6.07, 6.45) is 4.50. The van der Waals surface area contributed by atoms with Crippen LogP contribution in [0.4, 0.5) is 0 Å². The van der Waals surface area contributed by atoms with Crippen molar-refractivity contribution in [3.8, 4) is 5.75 Å². The standard InChI is InChI=1S/C17H21N3O2/c1-3-20(11-13-9-18-19(2)10-13)17(21)15-8-14-6-4-5-7-16(14)22-12-15/h4-7,9-10,15H,3,8,11-12H2,1-2H3/t15-/m0/s1. The van der Waals surface area contributed by atoms with E-state index in [4.69, 9.17) is 4.74 Å². The van der Waals surface area contributed by atoms with E-state index in [1.807, 2.05) is 55.5 Å². The molecule has 0 aliphatic carbocycles. The van der Waals surface area contributed by atoms with Gasteiger partial charge >= 0.3 is 0 Å². The number of carbonyl (C=O) groups excluding carboxylic acids is 1. The lowest BCUT2D eigenvalue weighted by Gasteiger charge is -2.29. The molecule has 3 rings (SSSR count). The molecule has 5 nitrogen and oxygen atoms in total. The van der Waals surface area contributed by atoms with Gasteiger partial charge in [0.1, 0.15) is 12.4 Å². The summed E-state index contributed by atoms with van der Waals surface area (Å²) in [6.45, 7) is 3.75. The summed E-state index contributed by atoms with van der Waals surface area (Å²) in [6, 6.07) is 7.94. The molecule has 1 aliphatic rings. The van der Waals surface area contributed by atoms with Crippen molar-refractivity contribution in [3.05, 3.63) is 47.8 Å². The van der Waals surface area contributed by atoms with Crippen molar-refractivity contribution in [2.45, 2.75) is 19.9 Å². The predicted molar refractivity (Wildman–Crippen MR) is 83.4 cm³/mol. The van der Waals surface area contributed by atoms with Gasteiger partial charge in [-0.2, -0.15) is 5.10 Å². The third kappa shape index (κ3) is 2.98. The molecule has 1 aliphatic heterocycles. The Balaban J connectivity index is 1.69. The highest BCUT2D eigenvalue weighted by Crippen LogP contribution is 2.28. The van der Waals surface area contributed by atoms with Crippen LogP contribution in [0.2, 0.25) is 0 Å². The zero-order valence-corrected chi connectivity index (χ0v) is 13.0. The molecule has 1 amide bonds. The lowest BCUT2D eigenvalue weighted by Crippen LogP contribution is -2.40. The summed E-state index contributed by atoms with van der Waals surface area (Å²) in [5.74, 6) is 0.953. The normalized spacial score (nSPS) is 16.7. The van der Waals surface area contributed by atoms with Crippen molar-refractivity contribution in [2.24, 2.45) is 13.0 Å². The number of rotatable bonds is 4. The topological polar surface area (TPSA) is 47.4 Å². The van der Waals surface area contributed by atoms with Gasteiger partial charge in [0.25, 0.3) is 0 Å². The molecule has 0 saturated carbocycles. The number of ether oxygens (including phenoxy) is 1. The first-order chi connectivity index (χ1) is 10.7. The number of hydrogen-bond donors (Lipinski definition) is 0. The molecular formula is C17H21N3O2. The zero-order chi connectivity index (χ0) is 15.5. The van der Waals surface area contributed by atoms with Crippen LogP contribution in [-0.4, -0.2) is 33.7 Å². The molecule has 22 heavy (non-hydrogen) atoms. The summed E-state index contributed by atoms with van der Waals surface area (Å²) in [5.41, 5.74) is 2.17. The van der Waals surface area contributed by atoms with E-state index in [-0.39, 0.29) is 11.8 Å². The number of fused-ring (bicyclic) bond motifs is 1. The number of amides is 1. The minimum atomic E-state index is -0.105. The number of aryl methyl sites for hydroxylation is 1. The van der Waals surface area contributed by atoms with E-state index in [2.05, 4.69) is 5.10 Å². The lowest BCUT2D eigenvalue weighted by atomic mass is 9.95. The fourth-order valence-corrected chi connectivity index (χ4v) is 2.86. The molecule has 1 atom stereocenters. The van der Waals surface area contributed by atoms with Crippen LogP contribution >= 0.6 is 0 Å². The lowest BCUT2D eigenvalue weighted by molar-refractivity contribution is -0.137. The number of hydrogen-bond acceptors (Lipinski definition) is 3. The van der Waals surface area contributed by atoms with Gasteiger partial charge in [0.15, 0.2) is 0 Å². The maximum Gasteiger partial charge on any atom is 0.229 e. The van der Waals surface area contributed by atoms with Gasteiger partial charge in [0, 0.05) is 31.9 Å². The van der Waals surface area contributed by atoms with E-state index in [0.29, 0.717) is 19.7 Å². The van der Waals surface area contributed by atoms with Crippen molar-refractivity contribution in [2.75, 3.05) is 13.2 Å². The van der Waals surface area contributed by atoms with Crippen LogP contribution in [0.1, 0.15) is 18.1 Å². The largest absolute Gasteiger partial charge is 0.492 e. The Morgan fingerprint density at radius 3 is 3.00 bits per heavy atom. The van der Waals surface area contributed by atoms with Crippen molar-refractivity contribution in [1.82, 2.24) is 14.7 Å². The number of nitrogens with zero attached hydrogens (tertiary/aromatic N) is 3. The van der Waals surface area contributed by atoms with Crippen LogP contribution < -0.4 is 4.74 Å². The number of para-hydroxylation sites is 1. The molecule has 1 aromatic carbocycles. The SMILES string of the molecule is CCN(Cc1cnn(C)c1)C(=O)[C@@H]1COc2ccccc2C1. The van der Waals surface area contributed by atoms with Crippen LogP contribution in [-0.2, 0) is 24.8 Å². The number of carbonyl (C=O) groups is 1. The molecule has 1 aromatic heterocycles. The maximum atomic E-state index is 12.8. The van der Waals surface area contributed by atoms with Gasteiger partial charge in [-0.25, -0.2) is 0 Å². The second-order valence-corrected chi connectivity index (χ2v) is 5.69. The molecule has 0 N–H and O–H groups in total. The first-order valence-corrected chi connectivity index (χ1v) is 7.64. The van der Waals surface area contributed by atoms with Crippen LogP contribution in [0.5, 0.6) is 5.75 Å². The fraction of sp³-hybridized carbons (Fsp3) is 0.412. The van der Waals surface area contributed by atoms with Gasteiger partial charge in [-0.3, -0.25) is 9.48 Å². The molecule has 0 unspecified atom stereocenters. The third-order valence-corrected chi connectivity index (χ3v) is 4.05. The van der Waals surface area contributed by atoms with Crippen molar-refractivity contribution in [3.63, 3.8) is 0 Å². The highest BCUT2D eigenvalue weighted by Gasteiger charge is 2.29. The monoisotopic (exact) mass is 299 g/mol. The van der Waals surface area contributed by atoms with Crippen molar-refractivity contribution in [1.29, 1.82) is 0 Å². The Morgan fingerprint density at radius 2 is 2.27 bits per heavy atom. The van der Waals surface area contributed by atoms with Crippen molar-refractivity contribution < 1.29 is 9.53 Å². The third-order valence-electron chi connectivity index (χ3n) is 4.05. The smallest absolute Gasteiger partial charge is 0.229 e. The van der Waals surface area contributed by atoms with E-state index in [1.54, 1.807) is 4.68 Å². The van der Waals surface area contributed by atoms with Gasteiger partial charge in [-0.15, -0.1) is 0 Å². The molecule has 0 radical (unpaired) electrons. The first-order valence-electron chi connectivity index (χ1n) is 7.64. The highest BCUT2D eigenvalue weighted by atomic mass is 16.5. The van der Waals surface area contributed by atoms with E-state index >= 15 is 0 Å².